The van der Waals surface area contributed by atoms with Crippen molar-refractivity contribution in [1.82, 2.24) is 0 Å². The Labute approximate surface area is 175 Å². The number of rotatable bonds is 7. The van der Waals surface area contributed by atoms with Gasteiger partial charge in [-0.1, -0.05) is 35.9 Å². The van der Waals surface area contributed by atoms with E-state index in [1.807, 2.05) is 61.5 Å². The summed E-state index contributed by atoms with van der Waals surface area (Å²) in [4.78, 5) is 16.6. The lowest BCUT2D eigenvalue weighted by molar-refractivity contribution is -0.118. The minimum atomic E-state index is -0.250. The molecule has 3 aromatic rings. The van der Waals surface area contributed by atoms with Gasteiger partial charge in [-0.3, -0.25) is 9.79 Å². The molecular formula is C23H21ClN2O3. The number of para-hydroxylation sites is 1. The number of hydrogen-bond donors (Lipinski definition) is 1. The SMILES string of the molecule is COc1cc(C=Nc2cccc(Cl)c2C)ccc1OCC(=O)Nc1ccccc1. The van der Waals surface area contributed by atoms with Crippen LogP contribution in [0.2, 0.25) is 5.02 Å². The third-order valence-corrected chi connectivity index (χ3v) is 4.61. The molecule has 0 aliphatic heterocycles. The summed E-state index contributed by atoms with van der Waals surface area (Å²) in [5.74, 6) is 0.747. The second-order valence-corrected chi connectivity index (χ2v) is 6.66. The van der Waals surface area contributed by atoms with Gasteiger partial charge in [-0.15, -0.1) is 0 Å². The third-order valence-electron chi connectivity index (χ3n) is 4.20. The molecule has 1 N–H and O–H groups in total. The molecule has 0 heterocycles. The van der Waals surface area contributed by atoms with Crippen molar-refractivity contribution in [1.29, 1.82) is 0 Å². The van der Waals surface area contributed by atoms with Crippen molar-refractivity contribution in [3.8, 4) is 11.5 Å². The highest BCUT2D eigenvalue weighted by molar-refractivity contribution is 6.31. The van der Waals surface area contributed by atoms with Crippen molar-refractivity contribution < 1.29 is 14.3 Å². The number of nitrogens with zero attached hydrogens (tertiary/aromatic N) is 1. The van der Waals surface area contributed by atoms with E-state index < -0.39 is 0 Å². The molecule has 5 nitrogen and oxygen atoms in total. The lowest BCUT2D eigenvalue weighted by atomic mass is 10.2. The fourth-order valence-electron chi connectivity index (χ4n) is 2.63. The van der Waals surface area contributed by atoms with Crippen LogP contribution in [0, 0.1) is 6.92 Å². The van der Waals surface area contributed by atoms with E-state index in [0.717, 1.165) is 22.5 Å². The van der Waals surface area contributed by atoms with E-state index >= 15 is 0 Å². The van der Waals surface area contributed by atoms with Crippen molar-refractivity contribution >= 4 is 35.1 Å². The Bertz CT molecular complexity index is 1020. The zero-order chi connectivity index (χ0) is 20.6. The lowest BCUT2D eigenvalue weighted by Gasteiger charge is -2.11. The first kappa shape index (κ1) is 20.4. The van der Waals surface area contributed by atoms with Crippen LogP contribution in [0.5, 0.6) is 11.5 Å². The standard InChI is InChI=1S/C23H21ClN2O3/c1-16-19(24)9-6-10-20(16)25-14-17-11-12-21(22(13-17)28-2)29-15-23(27)26-18-7-4-3-5-8-18/h3-14H,15H2,1-2H3,(H,26,27). The van der Waals surface area contributed by atoms with Gasteiger partial charge in [0.25, 0.3) is 5.91 Å². The van der Waals surface area contributed by atoms with Crippen LogP contribution in [0.15, 0.2) is 71.7 Å². The van der Waals surface area contributed by atoms with Crippen LogP contribution < -0.4 is 14.8 Å². The van der Waals surface area contributed by atoms with Gasteiger partial charge in [0.1, 0.15) is 0 Å². The number of nitrogens with one attached hydrogen (secondary N) is 1. The smallest absolute Gasteiger partial charge is 0.262 e. The first-order chi connectivity index (χ1) is 14.1. The molecule has 148 valence electrons. The Morgan fingerprint density at radius 2 is 1.86 bits per heavy atom. The Morgan fingerprint density at radius 1 is 1.07 bits per heavy atom. The molecule has 6 heteroatoms. The molecule has 0 radical (unpaired) electrons. The van der Waals surface area contributed by atoms with Crippen LogP contribution in [0.3, 0.4) is 0 Å². The highest BCUT2D eigenvalue weighted by Gasteiger charge is 2.09. The number of anilines is 1. The third kappa shape index (κ3) is 5.59. The molecule has 0 bridgehead atoms. The average molecular weight is 409 g/mol. The van der Waals surface area contributed by atoms with Crippen molar-refractivity contribution in [3.05, 3.63) is 82.9 Å². The van der Waals surface area contributed by atoms with Gasteiger partial charge in [-0.25, -0.2) is 0 Å². The summed E-state index contributed by atoms with van der Waals surface area (Å²) in [6, 6.07) is 20.2. The molecule has 3 rings (SSSR count). The molecule has 3 aromatic carbocycles. The first-order valence-corrected chi connectivity index (χ1v) is 9.39. The molecule has 0 aliphatic rings. The van der Waals surface area contributed by atoms with Gasteiger partial charge in [-0.05, 0) is 60.5 Å². The van der Waals surface area contributed by atoms with Crippen molar-refractivity contribution in [3.63, 3.8) is 0 Å². The Morgan fingerprint density at radius 3 is 2.62 bits per heavy atom. The highest BCUT2D eigenvalue weighted by atomic mass is 35.5. The van der Waals surface area contributed by atoms with Crippen LogP contribution in [0.25, 0.3) is 0 Å². The van der Waals surface area contributed by atoms with E-state index in [1.54, 1.807) is 25.5 Å². The fourth-order valence-corrected chi connectivity index (χ4v) is 2.80. The van der Waals surface area contributed by atoms with Crippen molar-refractivity contribution in [2.75, 3.05) is 19.0 Å². The summed E-state index contributed by atoms with van der Waals surface area (Å²) in [5, 5.41) is 3.45. The number of aliphatic imine (C=N–C) groups is 1. The number of halogens is 1. The molecule has 0 saturated carbocycles. The summed E-state index contributed by atoms with van der Waals surface area (Å²) >= 11 is 6.13. The minimum Gasteiger partial charge on any atom is -0.493 e. The molecule has 29 heavy (non-hydrogen) atoms. The van der Waals surface area contributed by atoms with E-state index in [2.05, 4.69) is 10.3 Å². The summed E-state index contributed by atoms with van der Waals surface area (Å²) in [5.41, 5.74) is 3.27. The summed E-state index contributed by atoms with van der Waals surface area (Å²) in [6.45, 7) is 1.80. The predicted molar refractivity (Wildman–Crippen MR) is 117 cm³/mol. The molecule has 0 aromatic heterocycles. The molecule has 0 fully saturated rings. The number of carbonyl (C=O) groups is 1. The minimum absolute atomic E-state index is 0.125. The van der Waals surface area contributed by atoms with Crippen LogP contribution in [0.1, 0.15) is 11.1 Å². The second-order valence-electron chi connectivity index (χ2n) is 6.26. The maximum absolute atomic E-state index is 12.1. The first-order valence-electron chi connectivity index (χ1n) is 9.02. The van der Waals surface area contributed by atoms with Gasteiger partial charge in [0.15, 0.2) is 18.1 Å². The van der Waals surface area contributed by atoms with E-state index in [4.69, 9.17) is 21.1 Å². The van der Waals surface area contributed by atoms with Crippen LogP contribution >= 0.6 is 11.6 Å². The zero-order valence-electron chi connectivity index (χ0n) is 16.2. The zero-order valence-corrected chi connectivity index (χ0v) is 16.9. The van der Waals surface area contributed by atoms with E-state index in [9.17, 15) is 4.79 Å². The number of hydrogen-bond acceptors (Lipinski definition) is 4. The maximum atomic E-state index is 12.1. The number of methoxy groups -OCH3 is 1. The van der Waals surface area contributed by atoms with Gasteiger partial charge in [0.2, 0.25) is 0 Å². The number of carbonyl (C=O) groups excluding carboxylic acids is 1. The Kier molecular flexibility index (Phi) is 6.87. The number of ether oxygens (including phenoxy) is 2. The van der Waals surface area contributed by atoms with Gasteiger partial charge in [0.05, 0.1) is 12.8 Å². The molecule has 0 unspecified atom stereocenters. The highest BCUT2D eigenvalue weighted by Crippen LogP contribution is 2.29. The van der Waals surface area contributed by atoms with Gasteiger partial charge >= 0.3 is 0 Å². The second kappa shape index (κ2) is 9.75. The van der Waals surface area contributed by atoms with Crippen molar-refractivity contribution in [2.24, 2.45) is 4.99 Å². The van der Waals surface area contributed by atoms with E-state index in [0.29, 0.717) is 16.5 Å². The number of benzene rings is 3. The lowest BCUT2D eigenvalue weighted by Crippen LogP contribution is -2.20. The van der Waals surface area contributed by atoms with E-state index in [-0.39, 0.29) is 12.5 Å². The monoisotopic (exact) mass is 408 g/mol. The number of amides is 1. The quantitative estimate of drug-likeness (QED) is 0.530. The van der Waals surface area contributed by atoms with Crippen LogP contribution in [-0.4, -0.2) is 25.8 Å². The van der Waals surface area contributed by atoms with Crippen molar-refractivity contribution in [2.45, 2.75) is 6.92 Å². The largest absolute Gasteiger partial charge is 0.493 e. The molecule has 0 aliphatic carbocycles. The average Bonchev–Trinajstić information content (AvgIpc) is 2.74. The molecule has 0 saturated heterocycles. The molecule has 0 spiro atoms. The van der Waals surface area contributed by atoms with Gasteiger partial charge in [0, 0.05) is 16.9 Å². The molecular weight excluding hydrogens is 388 g/mol. The molecule has 0 atom stereocenters. The normalized spacial score (nSPS) is 10.7. The Balaban J connectivity index is 1.66. The van der Waals surface area contributed by atoms with Crippen LogP contribution in [-0.2, 0) is 4.79 Å². The van der Waals surface area contributed by atoms with Crippen LogP contribution in [0.4, 0.5) is 11.4 Å². The Hall–Kier alpha value is -3.31. The topological polar surface area (TPSA) is 59.9 Å². The summed E-state index contributed by atoms with van der Waals surface area (Å²) < 4.78 is 11.0. The fraction of sp³-hybridized carbons (Fsp3) is 0.130. The summed E-state index contributed by atoms with van der Waals surface area (Å²) in [6.07, 6.45) is 1.73. The van der Waals surface area contributed by atoms with Gasteiger partial charge in [-0.2, -0.15) is 0 Å². The van der Waals surface area contributed by atoms with Gasteiger partial charge < -0.3 is 14.8 Å². The summed E-state index contributed by atoms with van der Waals surface area (Å²) in [7, 11) is 1.55. The van der Waals surface area contributed by atoms with E-state index in [1.165, 1.54) is 0 Å². The predicted octanol–water partition coefficient (Wildman–Crippen LogP) is 5.43. The maximum Gasteiger partial charge on any atom is 0.262 e. The molecule has 1 amide bonds.